The number of hydrogen-bond acceptors (Lipinski definition) is 3. The van der Waals surface area contributed by atoms with Gasteiger partial charge in [-0.05, 0) is 0 Å². The van der Waals surface area contributed by atoms with Gasteiger partial charge in [0.25, 0.3) is 0 Å². The van der Waals surface area contributed by atoms with Gasteiger partial charge < -0.3 is 0 Å². The minimum Gasteiger partial charge on any atom is -0.233 e. The van der Waals surface area contributed by atoms with E-state index in [1.165, 1.54) is 6.33 Å². The van der Waals surface area contributed by atoms with E-state index in [-0.39, 0.29) is 10.3 Å². The van der Waals surface area contributed by atoms with E-state index in [0.29, 0.717) is 5.56 Å². The summed E-state index contributed by atoms with van der Waals surface area (Å²) in [6.07, 6.45) is 2.30. The van der Waals surface area contributed by atoms with Gasteiger partial charge in [-0.2, -0.15) is 0 Å². The highest BCUT2D eigenvalue weighted by molar-refractivity contribution is 6.35. The van der Waals surface area contributed by atoms with Gasteiger partial charge in [0.05, 0.1) is 5.56 Å². The molecule has 0 aromatic carbocycles. The van der Waals surface area contributed by atoms with Gasteiger partial charge in [-0.1, -0.05) is 23.2 Å². The van der Waals surface area contributed by atoms with E-state index in [0.717, 1.165) is 6.08 Å². The molecule has 1 heterocycles. The summed E-state index contributed by atoms with van der Waals surface area (Å²) in [6, 6.07) is 0. The lowest BCUT2D eigenvalue weighted by molar-refractivity contribution is 0.570. The van der Waals surface area contributed by atoms with E-state index < -0.39 is 0 Å². The first-order chi connectivity index (χ1) is 5.25. The zero-order valence-corrected chi connectivity index (χ0v) is 6.73. The van der Waals surface area contributed by atoms with Crippen LogP contribution in [-0.2, 0) is 4.79 Å². The lowest BCUT2D eigenvalue weighted by atomic mass is 10.3. The van der Waals surface area contributed by atoms with E-state index in [2.05, 4.69) is 9.97 Å². The Balaban J connectivity index is 3.31. The molecular formula is C6H2Cl2N2O. The van der Waals surface area contributed by atoms with Crippen LogP contribution < -0.4 is 0 Å². The molecule has 0 radical (unpaired) electrons. The molecule has 0 N–H and O–H groups in total. The molecule has 1 aromatic heterocycles. The number of aromatic nitrogens is 2. The Hall–Kier alpha value is -0.890. The van der Waals surface area contributed by atoms with Gasteiger partial charge in [0.2, 0.25) is 0 Å². The average Bonchev–Trinajstić information content (AvgIpc) is 1.97. The normalized spacial score (nSPS) is 8.91. The summed E-state index contributed by atoms with van der Waals surface area (Å²) in [5.41, 5.74) is 0.297. The molecule has 0 aliphatic heterocycles. The van der Waals surface area contributed by atoms with Gasteiger partial charge in [-0.3, -0.25) is 0 Å². The third-order valence-electron chi connectivity index (χ3n) is 0.990. The zero-order valence-electron chi connectivity index (χ0n) is 5.21. The first-order valence-electron chi connectivity index (χ1n) is 2.62. The first kappa shape index (κ1) is 8.21. The van der Waals surface area contributed by atoms with Gasteiger partial charge in [0.1, 0.15) is 22.6 Å². The number of halogens is 2. The summed E-state index contributed by atoms with van der Waals surface area (Å²) in [5.74, 6) is 1.54. The summed E-state index contributed by atoms with van der Waals surface area (Å²) in [5, 5.41) is 0.293. The summed E-state index contributed by atoms with van der Waals surface area (Å²) < 4.78 is 0. The summed E-state index contributed by atoms with van der Waals surface area (Å²) in [4.78, 5) is 17.2. The van der Waals surface area contributed by atoms with Gasteiger partial charge in [0.15, 0.2) is 0 Å². The van der Waals surface area contributed by atoms with Crippen molar-refractivity contribution in [1.29, 1.82) is 0 Å². The molecule has 0 saturated heterocycles. The lowest BCUT2D eigenvalue weighted by Gasteiger charge is -1.95. The lowest BCUT2D eigenvalue weighted by Crippen LogP contribution is -1.85. The maximum absolute atomic E-state index is 9.93. The Morgan fingerprint density at radius 1 is 1.36 bits per heavy atom. The summed E-state index contributed by atoms with van der Waals surface area (Å²) >= 11 is 11.1. The molecule has 0 atom stereocenters. The highest BCUT2D eigenvalue weighted by Gasteiger charge is 2.03. The van der Waals surface area contributed by atoms with Crippen LogP contribution in [0.3, 0.4) is 0 Å². The standard InChI is InChI=1S/C6H2Cl2N2O/c7-5-4(1-2-11)6(8)10-3-9-5/h1,3H. The van der Waals surface area contributed by atoms with E-state index in [1.807, 2.05) is 0 Å². The molecule has 0 aliphatic carbocycles. The van der Waals surface area contributed by atoms with Crippen molar-refractivity contribution >= 4 is 35.2 Å². The number of carbonyl (C=O) groups excluding carboxylic acids is 1. The van der Waals surface area contributed by atoms with Crippen molar-refractivity contribution in [3.63, 3.8) is 0 Å². The quantitative estimate of drug-likeness (QED) is 0.498. The van der Waals surface area contributed by atoms with Crippen LogP contribution in [0.5, 0.6) is 0 Å². The second kappa shape index (κ2) is 3.49. The fourth-order valence-electron chi connectivity index (χ4n) is 0.532. The number of hydrogen-bond donors (Lipinski definition) is 0. The predicted octanol–water partition coefficient (Wildman–Crippen LogP) is 1.63. The third-order valence-corrected chi connectivity index (χ3v) is 1.59. The van der Waals surface area contributed by atoms with E-state index in [1.54, 1.807) is 5.94 Å². The van der Waals surface area contributed by atoms with Crippen LogP contribution in [0.15, 0.2) is 6.33 Å². The number of nitrogens with zero attached hydrogens (tertiary/aromatic N) is 2. The van der Waals surface area contributed by atoms with Crippen molar-refractivity contribution in [3.05, 3.63) is 22.2 Å². The predicted molar refractivity (Wildman–Crippen MR) is 42.2 cm³/mol. The molecular weight excluding hydrogens is 187 g/mol. The Bertz CT molecular complexity index is 300. The molecule has 3 nitrogen and oxygen atoms in total. The molecule has 1 aromatic rings. The fraction of sp³-hybridized carbons (Fsp3) is 0. The fourth-order valence-corrected chi connectivity index (χ4v) is 0.956. The van der Waals surface area contributed by atoms with Gasteiger partial charge in [-0.15, -0.1) is 0 Å². The van der Waals surface area contributed by atoms with Crippen LogP contribution in [0.1, 0.15) is 5.56 Å². The maximum atomic E-state index is 9.93. The molecule has 5 heteroatoms. The van der Waals surface area contributed by atoms with Crippen molar-refractivity contribution in [3.8, 4) is 0 Å². The number of rotatable bonds is 1. The van der Waals surface area contributed by atoms with Crippen LogP contribution in [0.4, 0.5) is 0 Å². The van der Waals surface area contributed by atoms with Gasteiger partial charge >= 0.3 is 0 Å². The van der Waals surface area contributed by atoms with Crippen molar-refractivity contribution < 1.29 is 4.79 Å². The minimum atomic E-state index is 0.147. The Morgan fingerprint density at radius 2 is 1.91 bits per heavy atom. The van der Waals surface area contributed by atoms with Crippen molar-refractivity contribution in [1.82, 2.24) is 9.97 Å². The molecule has 0 saturated carbocycles. The highest BCUT2D eigenvalue weighted by Crippen LogP contribution is 2.19. The largest absolute Gasteiger partial charge is 0.233 e. The minimum absolute atomic E-state index is 0.147. The van der Waals surface area contributed by atoms with Crippen LogP contribution in [0.2, 0.25) is 10.3 Å². The van der Waals surface area contributed by atoms with E-state index in [4.69, 9.17) is 23.2 Å². The van der Waals surface area contributed by atoms with Crippen molar-refractivity contribution in [2.75, 3.05) is 0 Å². The van der Waals surface area contributed by atoms with Crippen LogP contribution >= 0.6 is 23.2 Å². The SMILES string of the molecule is O=C=Cc1c(Cl)ncnc1Cl. The Kier molecular flexibility index (Phi) is 2.60. The first-order valence-corrected chi connectivity index (χ1v) is 3.38. The van der Waals surface area contributed by atoms with Crippen LogP contribution in [0, 0.1) is 0 Å². The molecule has 0 spiro atoms. The zero-order chi connectivity index (χ0) is 8.27. The van der Waals surface area contributed by atoms with Crippen molar-refractivity contribution in [2.45, 2.75) is 0 Å². The van der Waals surface area contributed by atoms with Gasteiger partial charge in [-0.25, -0.2) is 14.8 Å². The monoisotopic (exact) mass is 188 g/mol. The van der Waals surface area contributed by atoms with Gasteiger partial charge in [0, 0.05) is 6.08 Å². The smallest absolute Gasteiger partial charge is 0.141 e. The third kappa shape index (κ3) is 1.77. The van der Waals surface area contributed by atoms with E-state index in [9.17, 15) is 4.79 Å². The summed E-state index contributed by atoms with van der Waals surface area (Å²) in [6.45, 7) is 0. The topological polar surface area (TPSA) is 42.9 Å². The molecule has 0 fully saturated rings. The molecule has 56 valence electrons. The molecule has 0 bridgehead atoms. The molecule has 11 heavy (non-hydrogen) atoms. The summed E-state index contributed by atoms with van der Waals surface area (Å²) in [7, 11) is 0. The average molecular weight is 189 g/mol. The Morgan fingerprint density at radius 3 is 2.36 bits per heavy atom. The van der Waals surface area contributed by atoms with Crippen LogP contribution in [0.25, 0.3) is 6.08 Å². The van der Waals surface area contributed by atoms with E-state index >= 15 is 0 Å². The van der Waals surface area contributed by atoms with Crippen LogP contribution in [-0.4, -0.2) is 15.9 Å². The molecule has 0 unspecified atom stereocenters. The second-order valence-electron chi connectivity index (χ2n) is 1.63. The maximum Gasteiger partial charge on any atom is 0.141 e. The van der Waals surface area contributed by atoms with Crippen molar-refractivity contribution in [2.24, 2.45) is 0 Å². The molecule has 0 amide bonds. The highest BCUT2D eigenvalue weighted by atomic mass is 35.5. The Labute approximate surface area is 72.7 Å². The molecule has 0 aliphatic rings. The molecule has 1 rings (SSSR count). The second-order valence-corrected chi connectivity index (χ2v) is 2.35.